The van der Waals surface area contributed by atoms with E-state index in [9.17, 15) is 23.1 Å². The molecular formula is C16H16F3N3O3. The van der Waals surface area contributed by atoms with Gasteiger partial charge in [0.05, 0.1) is 17.5 Å². The summed E-state index contributed by atoms with van der Waals surface area (Å²) in [5, 5.41) is 12.2. The van der Waals surface area contributed by atoms with Gasteiger partial charge in [0.15, 0.2) is 0 Å². The first-order valence-electron chi connectivity index (χ1n) is 7.30. The third-order valence-electron chi connectivity index (χ3n) is 3.12. The number of nitrogens with zero attached hydrogens (tertiary/aromatic N) is 2. The van der Waals surface area contributed by atoms with E-state index < -0.39 is 23.8 Å². The standard InChI is InChI=1S/C16H16F3N3O3/c1-10-6-21-14(8-20-10)15(24)22-7-12(23)9-25-13-4-2-3-11(5-13)16(17,18)19/h2-6,8,12,23H,7,9H2,1H3,(H,22,24). The Morgan fingerprint density at radius 3 is 2.72 bits per heavy atom. The second-order valence-corrected chi connectivity index (χ2v) is 5.24. The minimum absolute atomic E-state index is 0.0235. The van der Waals surface area contributed by atoms with Crippen molar-refractivity contribution in [3.63, 3.8) is 0 Å². The van der Waals surface area contributed by atoms with Gasteiger partial charge in [-0.3, -0.25) is 9.78 Å². The van der Waals surface area contributed by atoms with Crippen LogP contribution in [0.4, 0.5) is 13.2 Å². The summed E-state index contributed by atoms with van der Waals surface area (Å²) in [6, 6.07) is 4.32. The fourth-order valence-electron chi connectivity index (χ4n) is 1.82. The van der Waals surface area contributed by atoms with E-state index in [4.69, 9.17) is 4.74 Å². The molecule has 0 saturated heterocycles. The van der Waals surface area contributed by atoms with Gasteiger partial charge in [-0.2, -0.15) is 13.2 Å². The van der Waals surface area contributed by atoms with Gasteiger partial charge in [-0.15, -0.1) is 0 Å². The first kappa shape index (κ1) is 18.7. The van der Waals surface area contributed by atoms with Crippen LogP contribution in [0.5, 0.6) is 5.75 Å². The number of carbonyl (C=O) groups excluding carboxylic acids is 1. The van der Waals surface area contributed by atoms with Crippen molar-refractivity contribution in [3.05, 3.63) is 53.6 Å². The Hall–Kier alpha value is -2.68. The SMILES string of the molecule is Cc1cnc(C(=O)NCC(O)COc2cccc(C(F)(F)F)c2)cn1. The number of ether oxygens (including phenoxy) is 1. The van der Waals surface area contributed by atoms with Crippen molar-refractivity contribution in [2.45, 2.75) is 19.2 Å². The lowest BCUT2D eigenvalue weighted by Gasteiger charge is -2.14. The molecule has 0 aliphatic rings. The van der Waals surface area contributed by atoms with Crippen molar-refractivity contribution in [2.24, 2.45) is 0 Å². The van der Waals surface area contributed by atoms with E-state index in [1.165, 1.54) is 24.5 Å². The van der Waals surface area contributed by atoms with Crippen LogP contribution in [0.2, 0.25) is 0 Å². The van der Waals surface area contributed by atoms with Gasteiger partial charge in [-0.1, -0.05) is 6.07 Å². The van der Waals surface area contributed by atoms with Crippen LogP contribution in [0, 0.1) is 6.92 Å². The molecule has 1 unspecified atom stereocenters. The molecule has 0 fully saturated rings. The molecule has 2 N–H and O–H groups in total. The van der Waals surface area contributed by atoms with Gasteiger partial charge in [0, 0.05) is 12.7 Å². The number of benzene rings is 1. The summed E-state index contributed by atoms with van der Waals surface area (Å²) in [6.45, 7) is 1.30. The minimum Gasteiger partial charge on any atom is -0.491 e. The number of aromatic nitrogens is 2. The zero-order valence-corrected chi connectivity index (χ0v) is 13.2. The van der Waals surface area contributed by atoms with Crippen molar-refractivity contribution in [3.8, 4) is 5.75 Å². The first-order valence-corrected chi connectivity index (χ1v) is 7.30. The van der Waals surface area contributed by atoms with Crippen LogP contribution in [-0.4, -0.2) is 40.2 Å². The number of hydrogen-bond acceptors (Lipinski definition) is 5. The highest BCUT2D eigenvalue weighted by Gasteiger charge is 2.30. The first-order chi connectivity index (χ1) is 11.8. The van der Waals surface area contributed by atoms with Gasteiger partial charge in [0.1, 0.15) is 24.2 Å². The van der Waals surface area contributed by atoms with E-state index in [1.54, 1.807) is 6.92 Å². The Bertz CT molecular complexity index is 721. The summed E-state index contributed by atoms with van der Waals surface area (Å²) in [5.41, 5.74) is -0.0894. The highest BCUT2D eigenvalue weighted by molar-refractivity contribution is 5.91. The molecule has 0 bridgehead atoms. The number of halogens is 3. The van der Waals surface area contributed by atoms with E-state index in [2.05, 4.69) is 15.3 Å². The number of rotatable bonds is 6. The second kappa shape index (κ2) is 7.93. The van der Waals surface area contributed by atoms with Gasteiger partial charge in [-0.25, -0.2) is 4.98 Å². The number of alkyl halides is 3. The Kier molecular flexibility index (Phi) is 5.92. The van der Waals surface area contributed by atoms with Gasteiger partial charge < -0.3 is 15.2 Å². The lowest BCUT2D eigenvalue weighted by atomic mass is 10.2. The number of aliphatic hydroxyl groups is 1. The summed E-state index contributed by atoms with van der Waals surface area (Å²) >= 11 is 0. The highest BCUT2D eigenvalue weighted by atomic mass is 19.4. The van der Waals surface area contributed by atoms with E-state index in [0.717, 1.165) is 12.1 Å². The maximum absolute atomic E-state index is 12.6. The number of carbonyl (C=O) groups is 1. The van der Waals surface area contributed by atoms with Crippen molar-refractivity contribution >= 4 is 5.91 Å². The van der Waals surface area contributed by atoms with Crippen molar-refractivity contribution < 1.29 is 27.8 Å². The Balaban J connectivity index is 1.82. The largest absolute Gasteiger partial charge is 0.491 e. The molecule has 0 spiro atoms. The van der Waals surface area contributed by atoms with Gasteiger partial charge in [-0.05, 0) is 25.1 Å². The molecular weight excluding hydrogens is 339 g/mol. The van der Waals surface area contributed by atoms with Crippen LogP contribution >= 0.6 is 0 Å². The fourth-order valence-corrected chi connectivity index (χ4v) is 1.82. The monoisotopic (exact) mass is 355 g/mol. The molecule has 134 valence electrons. The molecule has 0 aliphatic carbocycles. The highest BCUT2D eigenvalue weighted by Crippen LogP contribution is 2.31. The summed E-state index contributed by atoms with van der Waals surface area (Å²) in [7, 11) is 0. The maximum atomic E-state index is 12.6. The Labute approximate surface area is 141 Å². The predicted octanol–water partition coefficient (Wildman–Crippen LogP) is 1.97. The number of amides is 1. The van der Waals surface area contributed by atoms with E-state index in [1.807, 2.05) is 0 Å². The van der Waals surface area contributed by atoms with E-state index >= 15 is 0 Å². The minimum atomic E-state index is -4.47. The van der Waals surface area contributed by atoms with Gasteiger partial charge in [0.2, 0.25) is 0 Å². The van der Waals surface area contributed by atoms with E-state index in [0.29, 0.717) is 5.69 Å². The van der Waals surface area contributed by atoms with Crippen LogP contribution in [0.25, 0.3) is 0 Å². The number of hydrogen-bond donors (Lipinski definition) is 2. The molecule has 1 atom stereocenters. The maximum Gasteiger partial charge on any atom is 0.416 e. The predicted molar refractivity (Wildman–Crippen MR) is 82.0 cm³/mol. The lowest BCUT2D eigenvalue weighted by Crippen LogP contribution is -2.35. The summed E-state index contributed by atoms with van der Waals surface area (Å²) < 4.78 is 42.9. The van der Waals surface area contributed by atoms with Crippen LogP contribution < -0.4 is 10.1 Å². The Morgan fingerprint density at radius 2 is 2.08 bits per heavy atom. The molecule has 1 amide bonds. The van der Waals surface area contributed by atoms with Gasteiger partial charge in [0.25, 0.3) is 5.91 Å². The third-order valence-corrected chi connectivity index (χ3v) is 3.12. The third kappa shape index (κ3) is 5.71. The number of nitrogens with one attached hydrogen (secondary N) is 1. The molecule has 1 aromatic heterocycles. The zero-order valence-electron chi connectivity index (χ0n) is 13.2. The van der Waals surface area contributed by atoms with Crippen molar-refractivity contribution in [1.82, 2.24) is 15.3 Å². The van der Waals surface area contributed by atoms with Crippen LogP contribution in [-0.2, 0) is 6.18 Å². The summed E-state index contributed by atoms with van der Waals surface area (Å²) in [6.07, 6.45) is -2.84. The molecule has 0 aliphatic heterocycles. The molecule has 1 aromatic carbocycles. The molecule has 2 aromatic rings. The molecule has 25 heavy (non-hydrogen) atoms. The number of aliphatic hydroxyl groups excluding tert-OH is 1. The topological polar surface area (TPSA) is 84.3 Å². The van der Waals surface area contributed by atoms with Crippen LogP contribution in [0.3, 0.4) is 0 Å². The quantitative estimate of drug-likeness (QED) is 0.828. The molecule has 2 rings (SSSR count). The Morgan fingerprint density at radius 1 is 1.32 bits per heavy atom. The van der Waals surface area contributed by atoms with Crippen molar-refractivity contribution in [1.29, 1.82) is 0 Å². The van der Waals surface area contributed by atoms with Gasteiger partial charge >= 0.3 is 6.18 Å². The normalized spacial score (nSPS) is 12.5. The number of aryl methyl sites for hydroxylation is 1. The average molecular weight is 355 g/mol. The van der Waals surface area contributed by atoms with E-state index in [-0.39, 0.29) is 24.6 Å². The van der Waals surface area contributed by atoms with Crippen LogP contribution in [0.1, 0.15) is 21.7 Å². The molecule has 9 heteroatoms. The molecule has 6 nitrogen and oxygen atoms in total. The molecule has 0 radical (unpaired) electrons. The smallest absolute Gasteiger partial charge is 0.416 e. The lowest BCUT2D eigenvalue weighted by molar-refractivity contribution is -0.137. The molecule has 1 heterocycles. The summed E-state index contributed by atoms with van der Waals surface area (Å²) in [5.74, 6) is -0.546. The molecule has 0 saturated carbocycles. The zero-order chi connectivity index (χ0) is 18.4. The summed E-state index contributed by atoms with van der Waals surface area (Å²) in [4.78, 5) is 19.6. The van der Waals surface area contributed by atoms with Crippen molar-refractivity contribution in [2.75, 3.05) is 13.2 Å². The fraction of sp³-hybridized carbons (Fsp3) is 0.312. The van der Waals surface area contributed by atoms with Crippen LogP contribution in [0.15, 0.2) is 36.7 Å². The average Bonchev–Trinajstić information content (AvgIpc) is 2.58. The second-order valence-electron chi connectivity index (χ2n) is 5.24.